The van der Waals surface area contributed by atoms with Gasteiger partial charge in [-0.1, -0.05) is 59.6 Å². The Hall–Kier alpha value is -3.20. The van der Waals surface area contributed by atoms with Gasteiger partial charge in [0, 0.05) is 16.1 Å². The van der Waals surface area contributed by atoms with Gasteiger partial charge in [-0.15, -0.1) is 0 Å². The second-order valence-corrected chi connectivity index (χ2v) is 10.6. The van der Waals surface area contributed by atoms with Crippen LogP contribution in [0.15, 0.2) is 94.6 Å². The molecule has 178 valence electrons. The molecule has 2 heterocycles. The largest absolute Gasteiger partial charge is 0.284 e. The van der Waals surface area contributed by atoms with Gasteiger partial charge in [0.05, 0.1) is 12.1 Å². The lowest BCUT2D eigenvalue weighted by Crippen LogP contribution is -2.34. The number of sulfonamides is 1. The maximum Gasteiger partial charge on any atom is 0.271 e. The Bertz CT molecular complexity index is 1570. The molecule has 0 saturated carbocycles. The van der Waals surface area contributed by atoms with Gasteiger partial charge in [0.1, 0.15) is 17.5 Å². The first-order chi connectivity index (χ1) is 16.7. The van der Waals surface area contributed by atoms with Crippen LogP contribution in [-0.4, -0.2) is 13.0 Å². The number of benzene rings is 3. The Labute approximate surface area is 209 Å². The van der Waals surface area contributed by atoms with Crippen LogP contribution >= 0.6 is 23.2 Å². The summed E-state index contributed by atoms with van der Waals surface area (Å²) in [5, 5.41) is 0.868. The molecule has 3 aromatic carbocycles. The van der Waals surface area contributed by atoms with Crippen LogP contribution in [0.2, 0.25) is 10.0 Å². The Kier molecular flexibility index (Phi) is 5.91. The summed E-state index contributed by atoms with van der Waals surface area (Å²) in [6.45, 7) is 0. The molecular formula is C25H16Cl2F2N2O3S. The fourth-order valence-corrected chi connectivity index (χ4v) is 6.44. The van der Waals surface area contributed by atoms with Crippen molar-refractivity contribution in [3.8, 4) is 0 Å². The highest BCUT2D eigenvalue weighted by Gasteiger charge is 2.48. The van der Waals surface area contributed by atoms with Crippen LogP contribution in [0.5, 0.6) is 0 Å². The van der Waals surface area contributed by atoms with Gasteiger partial charge in [-0.25, -0.2) is 21.5 Å². The van der Waals surface area contributed by atoms with Gasteiger partial charge in [0.15, 0.2) is 4.90 Å². The van der Waals surface area contributed by atoms with E-state index < -0.39 is 44.2 Å². The molecule has 0 saturated heterocycles. The van der Waals surface area contributed by atoms with Crippen molar-refractivity contribution in [2.24, 2.45) is 0 Å². The number of hydrogen-bond acceptors (Lipinski definition) is 3. The number of rotatable bonds is 4. The van der Waals surface area contributed by atoms with Crippen molar-refractivity contribution in [1.29, 1.82) is 0 Å². The fourth-order valence-electron chi connectivity index (χ4n) is 4.43. The van der Waals surface area contributed by atoms with E-state index in [9.17, 15) is 22.0 Å². The van der Waals surface area contributed by atoms with E-state index in [-0.39, 0.29) is 5.82 Å². The lowest BCUT2D eigenvalue weighted by molar-refractivity contribution is 0.506. The minimum atomic E-state index is -4.82. The van der Waals surface area contributed by atoms with E-state index in [1.165, 1.54) is 22.8 Å². The van der Waals surface area contributed by atoms with Crippen molar-refractivity contribution >= 4 is 39.0 Å². The monoisotopic (exact) mass is 532 g/mol. The summed E-state index contributed by atoms with van der Waals surface area (Å²) in [7, 11) is -4.82. The summed E-state index contributed by atoms with van der Waals surface area (Å²) < 4.78 is 59.5. The molecule has 0 spiro atoms. The number of aromatic nitrogens is 1. The first kappa shape index (κ1) is 23.5. The Balaban J connectivity index is 1.85. The van der Waals surface area contributed by atoms with Crippen molar-refractivity contribution in [3.05, 3.63) is 128 Å². The molecule has 4 aromatic rings. The predicted molar refractivity (Wildman–Crippen MR) is 131 cm³/mol. The highest BCUT2D eigenvalue weighted by atomic mass is 35.5. The van der Waals surface area contributed by atoms with Crippen molar-refractivity contribution in [2.45, 2.75) is 17.0 Å². The van der Waals surface area contributed by atoms with E-state index in [0.29, 0.717) is 21.2 Å². The van der Waals surface area contributed by atoms with Crippen LogP contribution in [0.3, 0.4) is 0 Å². The van der Waals surface area contributed by atoms with Crippen molar-refractivity contribution in [2.75, 3.05) is 4.31 Å². The van der Waals surface area contributed by atoms with Crippen LogP contribution in [-0.2, 0) is 10.0 Å². The van der Waals surface area contributed by atoms with Crippen molar-refractivity contribution in [1.82, 2.24) is 4.57 Å². The smallest absolute Gasteiger partial charge is 0.271 e. The summed E-state index contributed by atoms with van der Waals surface area (Å²) in [4.78, 5) is 12.0. The van der Waals surface area contributed by atoms with E-state index in [2.05, 4.69) is 0 Å². The first-order valence-electron chi connectivity index (χ1n) is 10.4. The summed E-state index contributed by atoms with van der Waals surface area (Å²) in [5.74, 6) is -2.50. The van der Waals surface area contributed by atoms with E-state index in [4.69, 9.17) is 23.2 Å². The molecule has 0 N–H and O–H groups in total. The van der Waals surface area contributed by atoms with E-state index >= 15 is 0 Å². The van der Waals surface area contributed by atoms with Gasteiger partial charge in [0.2, 0.25) is 0 Å². The third kappa shape index (κ3) is 3.91. The van der Waals surface area contributed by atoms with E-state index in [0.717, 1.165) is 22.5 Å². The lowest BCUT2D eigenvalue weighted by atomic mass is 9.94. The molecule has 1 aromatic heterocycles. The third-order valence-corrected chi connectivity index (χ3v) is 8.22. The highest BCUT2D eigenvalue weighted by Crippen LogP contribution is 2.49. The summed E-state index contributed by atoms with van der Waals surface area (Å²) >= 11 is 12.1. The van der Waals surface area contributed by atoms with Crippen molar-refractivity contribution in [3.63, 3.8) is 0 Å². The molecule has 1 aliphatic rings. The van der Waals surface area contributed by atoms with Gasteiger partial charge in [0.25, 0.3) is 15.6 Å². The molecule has 5 nitrogen and oxygen atoms in total. The predicted octanol–water partition coefficient (Wildman–Crippen LogP) is 5.97. The van der Waals surface area contributed by atoms with Crippen LogP contribution in [0, 0.1) is 11.6 Å². The van der Waals surface area contributed by atoms with Crippen LogP contribution in [0.25, 0.3) is 0 Å². The molecular weight excluding hydrogens is 517 g/mol. The van der Waals surface area contributed by atoms with Gasteiger partial charge < -0.3 is 0 Å². The van der Waals surface area contributed by atoms with E-state index in [1.54, 1.807) is 48.5 Å². The number of fused-ring (bicyclic) bond motifs is 1. The van der Waals surface area contributed by atoms with Gasteiger partial charge >= 0.3 is 0 Å². The van der Waals surface area contributed by atoms with Gasteiger partial charge in [-0.05, 0) is 53.6 Å². The lowest BCUT2D eigenvalue weighted by Gasteiger charge is -2.29. The second-order valence-electron chi connectivity index (χ2n) is 7.94. The zero-order valence-electron chi connectivity index (χ0n) is 17.8. The molecule has 35 heavy (non-hydrogen) atoms. The number of halogens is 4. The maximum atomic E-state index is 14.8. The second kappa shape index (κ2) is 8.78. The highest BCUT2D eigenvalue weighted by molar-refractivity contribution is 7.92. The first-order valence-corrected chi connectivity index (χ1v) is 12.6. The van der Waals surface area contributed by atoms with Gasteiger partial charge in [-0.2, -0.15) is 0 Å². The third-order valence-electron chi connectivity index (χ3n) is 5.88. The zero-order valence-corrected chi connectivity index (χ0v) is 20.1. The van der Waals surface area contributed by atoms with Crippen LogP contribution in [0.4, 0.5) is 14.6 Å². The van der Waals surface area contributed by atoms with Crippen molar-refractivity contribution < 1.29 is 17.2 Å². The average Bonchev–Trinajstić information content (AvgIpc) is 3.17. The van der Waals surface area contributed by atoms with Crippen LogP contribution < -0.4 is 9.86 Å². The van der Waals surface area contributed by atoms with E-state index in [1.807, 2.05) is 0 Å². The molecule has 0 amide bonds. The normalized spacial score (nSPS) is 17.4. The minimum Gasteiger partial charge on any atom is -0.284 e. The SMILES string of the molecule is O=c1cccc2n1C(c1ccc(Cl)cc1)C(c1ccc(Cl)cc1)N2S(=O)(=O)c1c(F)cccc1F. The Morgan fingerprint density at radius 3 is 1.71 bits per heavy atom. The fraction of sp³-hybridized carbons (Fsp3) is 0.0800. The molecule has 2 atom stereocenters. The molecule has 2 unspecified atom stereocenters. The topological polar surface area (TPSA) is 59.4 Å². The maximum absolute atomic E-state index is 14.8. The minimum absolute atomic E-state index is 0.0277. The molecule has 0 aliphatic carbocycles. The molecule has 10 heteroatoms. The van der Waals surface area contributed by atoms with Crippen LogP contribution in [0.1, 0.15) is 23.2 Å². The number of nitrogens with zero attached hydrogens (tertiary/aromatic N) is 2. The molecule has 0 fully saturated rings. The summed E-state index contributed by atoms with van der Waals surface area (Å²) in [5.41, 5.74) is 0.571. The quantitative estimate of drug-likeness (QED) is 0.325. The Morgan fingerprint density at radius 2 is 1.17 bits per heavy atom. The number of pyridine rings is 1. The number of anilines is 1. The standard InChI is InChI=1S/C25H16Cl2F2N2O3S/c26-17-11-7-15(8-12-17)23-24(16-9-13-18(27)14-10-16)31(21-5-2-6-22(32)30(21)23)35(33,34)25-19(28)3-1-4-20(25)29/h1-14,23-24H. The zero-order chi connectivity index (χ0) is 24.9. The summed E-state index contributed by atoms with van der Waals surface area (Å²) in [6.07, 6.45) is 0. The molecule has 0 bridgehead atoms. The number of hydrogen-bond donors (Lipinski definition) is 0. The Morgan fingerprint density at radius 1 is 0.686 bits per heavy atom. The van der Waals surface area contributed by atoms with Gasteiger partial charge in [-0.3, -0.25) is 9.36 Å². The molecule has 5 rings (SSSR count). The summed E-state index contributed by atoms with van der Waals surface area (Å²) in [6, 6.07) is 18.0. The molecule has 1 aliphatic heterocycles. The molecule has 0 radical (unpaired) electrons. The average molecular weight is 533 g/mol.